The van der Waals surface area contributed by atoms with Gasteiger partial charge in [0.05, 0.1) is 23.5 Å². The highest BCUT2D eigenvalue weighted by Gasteiger charge is 2.21. The summed E-state index contributed by atoms with van der Waals surface area (Å²) in [5, 5.41) is 0.710. The summed E-state index contributed by atoms with van der Waals surface area (Å²) in [6.07, 6.45) is 3.79. The lowest BCUT2D eigenvalue weighted by atomic mass is 10.0. The predicted octanol–water partition coefficient (Wildman–Crippen LogP) is 5.64. The van der Waals surface area contributed by atoms with Crippen molar-refractivity contribution in [3.8, 4) is 11.3 Å². The zero-order valence-corrected chi connectivity index (χ0v) is 18.0. The fraction of sp³-hybridized carbons (Fsp3) is 0.0909. The minimum absolute atomic E-state index is 0.405. The van der Waals surface area contributed by atoms with Crippen LogP contribution in [0.25, 0.3) is 22.3 Å². The maximum Gasteiger partial charge on any atom is 0.253 e. The molecule has 0 saturated carbocycles. The number of nitrogens with two attached hydrogens (primary N) is 1. The molecule has 0 spiro atoms. The summed E-state index contributed by atoms with van der Waals surface area (Å²) in [6, 6.07) is 19.2. The number of amides is 1. The number of furan rings is 1. The van der Waals surface area contributed by atoms with E-state index < -0.39 is 5.91 Å². The number of carbonyl (C=O) groups excluding carboxylic acids is 1. The van der Waals surface area contributed by atoms with Gasteiger partial charge in [-0.1, -0.05) is 58.2 Å². The number of nitrogens with zero attached hydrogens (tertiary/aromatic N) is 2. The van der Waals surface area contributed by atoms with Crippen LogP contribution in [0.2, 0.25) is 0 Å². The quantitative estimate of drug-likeness (QED) is 0.371. The van der Waals surface area contributed by atoms with E-state index in [-0.39, 0.29) is 0 Å². The Morgan fingerprint density at radius 2 is 1.97 bits per heavy atom. The molecule has 4 rings (SSSR count). The zero-order valence-electron chi connectivity index (χ0n) is 15.6. The maximum absolute atomic E-state index is 12.2. The molecule has 1 amide bonds. The Labute approximate surface area is 181 Å². The molecule has 29 heavy (non-hydrogen) atoms. The number of rotatable bonds is 6. The Kier molecular flexibility index (Phi) is 5.60. The largest absolute Gasteiger partial charge is 0.455 e. The molecule has 0 saturated heterocycles. The summed E-state index contributed by atoms with van der Waals surface area (Å²) in [7, 11) is 0. The summed E-state index contributed by atoms with van der Waals surface area (Å²) >= 11 is 5.08. The average molecular weight is 468 g/mol. The highest BCUT2D eigenvalue weighted by molar-refractivity contribution is 9.10. The molecule has 146 valence electrons. The number of hydrogen-bond donors (Lipinski definition) is 1. The van der Waals surface area contributed by atoms with E-state index in [1.165, 1.54) is 0 Å². The standard InChI is InChI=1S/C22H18BrN3O2S/c1-29-26(13-16-11-15(23)9-10-25-16)17-7-8-18-19(12-17)28-21(20(18)22(24)27)14-5-3-2-4-6-14/h2-12H,13H2,1H3,(H2,24,27). The first kappa shape index (κ1) is 19.5. The second-order valence-corrected chi connectivity index (χ2v) is 8.12. The molecule has 4 aromatic rings. The number of pyridine rings is 1. The molecule has 0 aliphatic rings. The van der Waals surface area contributed by atoms with Gasteiger partial charge >= 0.3 is 0 Å². The van der Waals surface area contributed by atoms with E-state index in [4.69, 9.17) is 10.2 Å². The van der Waals surface area contributed by atoms with Gasteiger partial charge in [0.1, 0.15) is 11.3 Å². The van der Waals surface area contributed by atoms with Crippen molar-refractivity contribution in [1.29, 1.82) is 0 Å². The van der Waals surface area contributed by atoms with Crippen molar-refractivity contribution in [3.63, 3.8) is 0 Å². The van der Waals surface area contributed by atoms with E-state index in [0.717, 1.165) is 21.4 Å². The van der Waals surface area contributed by atoms with Crippen molar-refractivity contribution in [3.05, 3.63) is 82.6 Å². The number of hydrogen-bond acceptors (Lipinski definition) is 5. The molecule has 0 radical (unpaired) electrons. The van der Waals surface area contributed by atoms with Crippen LogP contribution in [0, 0.1) is 0 Å². The number of carbonyl (C=O) groups is 1. The van der Waals surface area contributed by atoms with Gasteiger partial charge in [0.2, 0.25) is 0 Å². The van der Waals surface area contributed by atoms with Crippen LogP contribution in [0.3, 0.4) is 0 Å². The van der Waals surface area contributed by atoms with E-state index in [0.29, 0.717) is 28.8 Å². The SMILES string of the molecule is CSN(Cc1cc(Br)ccn1)c1ccc2c(C(N)=O)c(-c3ccccc3)oc2c1. The van der Waals surface area contributed by atoms with Crippen LogP contribution < -0.4 is 10.0 Å². The summed E-state index contributed by atoms with van der Waals surface area (Å²) in [5.74, 6) is -0.00924. The molecule has 7 heteroatoms. The monoisotopic (exact) mass is 467 g/mol. The van der Waals surface area contributed by atoms with Crippen LogP contribution in [0.4, 0.5) is 5.69 Å². The lowest BCUT2D eigenvalue weighted by Crippen LogP contribution is -2.14. The van der Waals surface area contributed by atoms with Crippen LogP contribution in [0.15, 0.2) is 75.8 Å². The van der Waals surface area contributed by atoms with Crippen LogP contribution in [-0.2, 0) is 6.54 Å². The Bertz CT molecular complexity index is 1180. The van der Waals surface area contributed by atoms with E-state index in [1.807, 2.05) is 66.9 Å². The van der Waals surface area contributed by atoms with Gasteiger partial charge in [0.15, 0.2) is 0 Å². The van der Waals surface area contributed by atoms with Gasteiger partial charge in [-0.2, -0.15) is 0 Å². The van der Waals surface area contributed by atoms with Crippen molar-refractivity contribution in [2.24, 2.45) is 5.73 Å². The van der Waals surface area contributed by atoms with E-state index in [9.17, 15) is 4.79 Å². The van der Waals surface area contributed by atoms with Crippen molar-refractivity contribution in [1.82, 2.24) is 4.98 Å². The molecule has 5 nitrogen and oxygen atoms in total. The first-order chi connectivity index (χ1) is 14.1. The topological polar surface area (TPSA) is 72.4 Å². The first-order valence-corrected chi connectivity index (χ1v) is 10.9. The van der Waals surface area contributed by atoms with Crippen molar-refractivity contribution in [2.45, 2.75) is 6.54 Å². The molecule has 2 aromatic carbocycles. The van der Waals surface area contributed by atoms with Gasteiger partial charge in [0.25, 0.3) is 5.91 Å². The molecule has 2 aromatic heterocycles. The Hall–Kier alpha value is -2.77. The lowest BCUT2D eigenvalue weighted by Gasteiger charge is -2.21. The van der Waals surface area contributed by atoms with Gasteiger partial charge in [-0.25, -0.2) is 0 Å². The number of primary amides is 1. The molecule has 2 N–H and O–H groups in total. The minimum atomic E-state index is -0.504. The molecule has 0 aliphatic heterocycles. The molecular weight excluding hydrogens is 450 g/mol. The molecule has 0 atom stereocenters. The third-order valence-corrected chi connectivity index (χ3v) is 5.82. The molecule has 0 fully saturated rings. The molecule has 2 heterocycles. The third kappa shape index (κ3) is 4.02. The Balaban J connectivity index is 1.76. The number of halogens is 1. The zero-order chi connectivity index (χ0) is 20.4. The summed E-state index contributed by atoms with van der Waals surface area (Å²) in [4.78, 5) is 16.6. The minimum Gasteiger partial charge on any atom is -0.455 e. The molecule has 0 bridgehead atoms. The van der Waals surface area contributed by atoms with Crippen LogP contribution in [-0.4, -0.2) is 17.1 Å². The maximum atomic E-state index is 12.2. The Morgan fingerprint density at radius 1 is 1.17 bits per heavy atom. The predicted molar refractivity (Wildman–Crippen MR) is 122 cm³/mol. The van der Waals surface area contributed by atoms with Crippen LogP contribution >= 0.6 is 27.9 Å². The first-order valence-electron chi connectivity index (χ1n) is 8.90. The highest BCUT2D eigenvalue weighted by Crippen LogP contribution is 2.36. The molecule has 0 unspecified atom stereocenters. The Morgan fingerprint density at radius 3 is 2.66 bits per heavy atom. The van der Waals surface area contributed by atoms with E-state index >= 15 is 0 Å². The fourth-order valence-electron chi connectivity index (χ4n) is 3.22. The van der Waals surface area contributed by atoms with Crippen molar-refractivity contribution in [2.75, 3.05) is 10.6 Å². The van der Waals surface area contributed by atoms with Crippen molar-refractivity contribution >= 4 is 50.4 Å². The van der Waals surface area contributed by atoms with Gasteiger partial charge in [-0.15, -0.1) is 0 Å². The van der Waals surface area contributed by atoms with Gasteiger partial charge in [0, 0.05) is 33.9 Å². The number of fused-ring (bicyclic) bond motifs is 1. The average Bonchev–Trinajstić information content (AvgIpc) is 3.12. The normalized spacial score (nSPS) is 11.0. The second kappa shape index (κ2) is 8.31. The summed E-state index contributed by atoms with van der Waals surface area (Å²) in [6.45, 7) is 0.626. The second-order valence-electron chi connectivity index (χ2n) is 6.40. The van der Waals surface area contributed by atoms with Gasteiger partial charge < -0.3 is 14.5 Å². The van der Waals surface area contributed by atoms with E-state index in [1.54, 1.807) is 18.1 Å². The lowest BCUT2D eigenvalue weighted by molar-refractivity contribution is 0.100. The third-order valence-electron chi connectivity index (χ3n) is 4.55. The summed E-state index contributed by atoms with van der Waals surface area (Å²) < 4.78 is 9.19. The van der Waals surface area contributed by atoms with Crippen molar-refractivity contribution < 1.29 is 9.21 Å². The van der Waals surface area contributed by atoms with Crippen LogP contribution in [0.5, 0.6) is 0 Å². The molecular formula is C22H18BrN3O2S. The highest BCUT2D eigenvalue weighted by atomic mass is 79.9. The number of aromatic nitrogens is 1. The smallest absolute Gasteiger partial charge is 0.253 e. The fourth-order valence-corrected chi connectivity index (χ4v) is 4.19. The molecule has 0 aliphatic carbocycles. The van der Waals surface area contributed by atoms with Gasteiger partial charge in [-0.05, 0) is 24.3 Å². The number of anilines is 1. The summed E-state index contributed by atoms with van der Waals surface area (Å²) in [5.41, 5.74) is 9.42. The number of benzene rings is 2. The van der Waals surface area contributed by atoms with Crippen LogP contribution in [0.1, 0.15) is 16.1 Å². The van der Waals surface area contributed by atoms with Gasteiger partial charge in [-0.3, -0.25) is 9.78 Å². The van der Waals surface area contributed by atoms with E-state index in [2.05, 4.69) is 25.2 Å².